The van der Waals surface area contributed by atoms with Gasteiger partial charge in [0.05, 0.1) is 23.2 Å². The molecule has 0 atom stereocenters. The number of carbonyl (C=O) groups excluding carboxylic acids is 1. The molecule has 0 bridgehead atoms. The molecule has 0 aliphatic carbocycles. The number of nitrogens with zero attached hydrogens (tertiary/aromatic N) is 1. The highest BCUT2D eigenvalue weighted by Crippen LogP contribution is 2.09. The van der Waals surface area contributed by atoms with E-state index < -0.39 is 5.60 Å². The van der Waals surface area contributed by atoms with E-state index in [0.717, 1.165) is 11.0 Å². The van der Waals surface area contributed by atoms with Crippen LogP contribution in [0.2, 0.25) is 0 Å². The first-order valence-corrected chi connectivity index (χ1v) is 6.12. The van der Waals surface area contributed by atoms with Gasteiger partial charge >= 0.3 is 6.03 Å². The van der Waals surface area contributed by atoms with Gasteiger partial charge < -0.3 is 20.7 Å². The smallest absolute Gasteiger partial charge is 0.315 e. The molecular formula is C13H18N4O2. The van der Waals surface area contributed by atoms with Crippen molar-refractivity contribution in [2.75, 3.05) is 6.54 Å². The van der Waals surface area contributed by atoms with Gasteiger partial charge in [-0.25, -0.2) is 9.78 Å². The lowest BCUT2D eigenvalue weighted by molar-refractivity contribution is 0.0819. The average Bonchev–Trinajstić information content (AvgIpc) is 2.75. The first-order valence-electron chi connectivity index (χ1n) is 6.12. The molecule has 0 radical (unpaired) electrons. The van der Waals surface area contributed by atoms with Crippen LogP contribution in [0.4, 0.5) is 4.79 Å². The van der Waals surface area contributed by atoms with Crippen LogP contribution in [0.3, 0.4) is 0 Å². The van der Waals surface area contributed by atoms with Gasteiger partial charge in [-0.15, -0.1) is 0 Å². The zero-order valence-corrected chi connectivity index (χ0v) is 11.0. The molecule has 1 aromatic heterocycles. The predicted molar refractivity (Wildman–Crippen MR) is 72.6 cm³/mol. The largest absolute Gasteiger partial charge is 0.389 e. The molecule has 0 fully saturated rings. The fourth-order valence-electron chi connectivity index (χ4n) is 1.61. The van der Waals surface area contributed by atoms with E-state index in [9.17, 15) is 9.90 Å². The van der Waals surface area contributed by atoms with Gasteiger partial charge in [0.25, 0.3) is 0 Å². The third kappa shape index (κ3) is 3.96. The number of aliphatic hydroxyl groups is 1. The van der Waals surface area contributed by atoms with E-state index in [1.165, 1.54) is 0 Å². The van der Waals surface area contributed by atoms with Crippen molar-refractivity contribution in [1.82, 2.24) is 20.6 Å². The number of urea groups is 1. The maximum absolute atomic E-state index is 11.5. The molecule has 0 saturated carbocycles. The maximum Gasteiger partial charge on any atom is 0.315 e. The van der Waals surface area contributed by atoms with Crippen molar-refractivity contribution in [3.63, 3.8) is 0 Å². The summed E-state index contributed by atoms with van der Waals surface area (Å²) in [7, 11) is 0. The number of H-pyrrole nitrogens is 1. The Labute approximate surface area is 111 Å². The van der Waals surface area contributed by atoms with E-state index in [0.29, 0.717) is 12.4 Å². The third-order valence-electron chi connectivity index (χ3n) is 2.54. The summed E-state index contributed by atoms with van der Waals surface area (Å²) in [5.41, 5.74) is 0.892. The normalized spacial score (nSPS) is 11.5. The Morgan fingerprint density at radius 1 is 1.37 bits per heavy atom. The Morgan fingerprint density at radius 2 is 2.11 bits per heavy atom. The van der Waals surface area contributed by atoms with Crippen LogP contribution in [0.25, 0.3) is 11.0 Å². The lowest BCUT2D eigenvalue weighted by Crippen LogP contribution is -2.43. The fraction of sp³-hybridized carbons (Fsp3) is 0.385. The van der Waals surface area contributed by atoms with Crippen LogP contribution >= 0.6 is 0 Å². The van der Waals surface area contributed by atoms with Gasteiger partial charge in [0.2, 0.25) is 0 Å². The number of hydrogen-bond donors (Lipinski definition) is 4. The van der Waals surface area contributed by atoms with Gasteiger partial charge in [-0.2, -0.15) is 0 Å². The summed E-state index contributed by atoms with van der Waals surface area (Å²) in [4.78, 5) is 19.0. The molecule has 1 aromatic carbocycles. The standard InChI is InChI=1S/C13H18N4O2/c1-13(2,19)8-15-12(18)14-7-11-16-9-5-3-4-6-10(9)17-11/h3-6,19H,7-8H2,1-2H3,(H,16,17)(H2,14,15,18). The Hall–Kier alpha value is -2.08. The summed E-state index contributed by atoms with van der Waals surface area (Å²) >= 11 is 0. The van der Waals surface area contributed by atoms with Gasteiger partial charge in [0.15, 0.2) is 0 Å². The Morgan fingerprint density at radius 3 is 2.79 bits per heavy atom. The van der Waals surface area contributed by atoms with Crippen molar-refractivity contribution in [2.24, 2.45) is 0 Å². The van der Waals surface area contributed by atoms with E-state index in [1.807, 2.05) is 24.3 Å². The Kier molecular flexibility index (Phi) is 3.71. The molecule has 0 unspecified atom stereocenters. The van der Waals surface area contributed by atoms with E-state index >= 15 is 0 Å². The van der Waals surface area contributed by atoms with Crippen LogP contribution in [-0.2, 0) is 6.54 Å². The van der Waals surface area contributed by atoms with Crippen LogP contribution in [0, 0.1) is 0 Å². The number of aromatic nitrogens is 2. The maximum atomic E-state index is 11.5. The third-order valence-corrected chi connectivity index (χ3v) is 2.54. The summed E-state index contributed by atoms with van der Waals surface area (Å²) in [6.07, 6.45) is 0. The van der Waals surface area contributed by atoms with Gasteiger partial charge in [0.1, 0.15) is 5.82 Å². The first kappa shape index (κ1) is 13.4. The molecule has 2 amide bonds. The lowest BCUT2D eigenvalue weighted by Gasteiger charge is -2.17. The highest BCUT2D eigenvalue weighted by molar-refractivity contribution is 5.75. The van der Waals surface area contributed by atoms with Gasteiger partial charge in [-0.3, -0.25) is 0 Å². The first-order chi connectivity index (χ1) is 8.94. The minimum atomic E-state index is -0.920. The SMILES string of the molecule is CC(C)(O)CNC(=O)NCc1nc2ccccc2[nH]1. The van der Waals surface area contributed by atoms with Crippen molar-refractivity contribution < 1.29 is 9.90 Å². The zero-order chi connectivity index (χ0) is 13.9. The second-order valence-electron chi connectivity index (χ2n) is 5.05. The molecule has 4 N–H and O–H groups in total. The van der Waals surface area contributed by atoms with Crippen molar-refractivity contribution in [2.45, 2.75) is 26.0 Å². The van der Waals surface area contributed by atoms with Crippen molar-refractivity contribution in [1.29, 1.82) is 0 Å². The molecule has 0 saturated heterocycles. The van der Waals surface area contributed by atoms with Crippen LogP contribution in [0.5, 0.6) is 0 Å². The van der Waals surface area contributed by atoms with E-state index in [2.05, 4.69) is 20.6 Å². The molecule has 19 heavy (non-hydrogen) atoms. The van der Waals surface area contributed by atoms with E-state index in [-0.39, 0.29) is 12.6 Å². The molecule has 0 aliphatic rings. The monoisotopic (exact) mass is 262 g/mol. The van der Waals surface area contributed by atoms with Crippen LogP contribution in [-0.4, -0.2) is 33.3 Å². The summed E-state index contributed by atoms with van der Waals surface area (Å²) < 4.78 is 0. The van der Waals surface area contributed by atoms with Gasteiger partial charge in [0, 0.05) is 6.54 Å². The van der Waals surface area contributed by atoms with Crippen LogP contribution in [0.1, 0.15) is 19.7 Å². The molecule has 6 heteroatoms. The topological polar surface area (TPSA) is 90.0 Å². The summed E-state index contributed by atoms with van der Waals surface area (Å²) in [6, 6.07) is 7.34. The number of aromatic amines is 1. The molecule has 102 valence electrons. The van der Waals surface area contributed by atoms with Crippen LogP contribution in [0.15, 0.2) is 24.3 Å². The Balaban J connectivity index is 1.86. The molecule has 2 aromatic rings. The predicted octanol–water partition coefficient (Wildman–Crippen LogP) is 1.13. The van der Waals surface area contributed by atoms with Gasteiger partial charge in [-0.05, 0) is 26.0 Å². The number of para-hydroxylation sites is 2. The highest BCUT2D eigenvalue weighted by Gasteiger charge is 2.13. The zero-order valence-electron chi connectivity index (χ0n) is 11.0. The molecule has 0 spiro atoms. The lowest BCUT2D eigenvalue weighted by atomic mass is 10.1. The highest BCUT2D eigenvalue weighted by atomic mass is 16.3. The molecular weight excluding hydrogens is 244 g/mol. The fourth-order valence-corrected chi connectivity index (χ4v) is 1.61. The van der Waals surface area contributed by atoms with Crippen molar-refractivity contribution in [3.05, 3.63) is 30.1 Å². The number of fused-ring (bicyclic) bond motifs is 1. The van der Waals surface area contributed by atoms with E-state index in [4.69, 9.17) is 0 Å². The number of carbonyl (C=O) groups is 1. The molecule has 6 nitrogen and oxygen atoms in total. The summed E-state index contributed by atoms with van der Waals surface area (Å²) in [6.45, 7) is 3.77. The molecule has 2 rings (SSSR count). The number of rotatable bonds is 4. The number of amides is 2. The summed E-state index contributed by atoms with van der Waals surface area (Å²) in [5, 5.41) is 14.7. The molecule has 0 aliphatic heterocycles. The van der Waals surface area contributed by atoms with Crippen molar-refractivity contribution in [3.8, 4) is 0 Å². The second kappa shape index (κ2) is 5.27. The minimum absolute atomic E-state index is 0.193. The van der Waals surface area contributed by atoms with Crippen LogP contribution < -0.4 is 10.6 Å². The number of hydrogen-bond acceptors (Lipinski definition) is 3. The number of benzene rings is 1. The number of nitrogens with one attached hydrogen (secondary N) is 3. The minimum Gasteiger partial charge on any atom is -0.389 e. The number of imidazole rings is 1. The quantitative estimate of drug-likeness (QED) is 0.666. The second-order valence-corrected chi connectivity index (χ2v) is 5.05. The average molecular weight is 262 g/mol. The van der Waals surface area contributed by atoms with Gasteiger partial charge in [-0.1, -0.05) is 12.1 Å². The summed E-state index contributed by atoms with van der Waals surface area (Å²) in [5.74, 6) is 0.694. The van der Waals surface area contributed by atoms with E-state index in [1.54, 1.807) is 13.8 Å². The van der Waals surface area contributed by atoms with Crippen molar-refractivity contribution >= 4 is 17.1 Å². The molecule has 1 heterocycles. The Bertz CT molecular complexity index is 538.